The molecule has 0 saturated heterocycles. The Hall–Kier alpha value is -3.99. The van der Waals surface area contributed by atoms with Crippen LogP contribution >= 0.6 is 0 Å². The van der Waals surface area contributed by atoms with E-state index in [1.54, 1.807) is 15.6 Å². The molecule has 5 heterocycles. The number of aromatic nitrogens is 5. The smallest absolute Gasteiger partial charge is 0.410 e. The molecule has 0 saturated carbocycles. The van der Waals surface area contributed by atoms with E-state index >= 15 is 0 Å². The van der Waals surface area contributed by atoms with Crippen molar-refractivity contribution in [2.45, 2.75) is 66.3 Å². The molecule has 10 nitrogen and oxygen atoms in total. The maximum absolute atomic E-state index is 13.2. The maximum atomic E-state index is 13.2. The summed E-state index contributed by atoms with van der Waals surface area (Å²) in [6.45, 7) is 12.9. The lowest BCUT2D eigenvalue weighted by molar-refractivity contribution is 0.0194. The molecule has 1 atom stereocenters. The number of carbonyl (C=O) groups is 1. The van der Waals surface area contributed by atoms with Crippen molar-refractivity contribution in [2.24, 2.45) is 0 Å². The molecule has 5 rings (SSSR count). The molecule has 1 aliphatic heterocycles. The topological polar surface area (TPSA) is 107 Å². The third kappa shape index (κ3) is 6.19. The van der Waals surface area contributed by atoms with Crippen molar-refractivity contribution in [3.8, 4) is 17.0 Å². The summed E-state index contributed by atoms with van der Waals surface area (Å²) in [6.07, 6.45) is 3.21. The normalized spacial score (nSPS) is 13.9. The number of rotatable bonds is 5. The average Bonchev–Trinajstić information content (AvgIpc) is 3.52. The number of halogens is 1. The van der Waals surface area contributed by atoms with Gasteiger partial charge in [-0.1, -0.05) is 13.8 Å². The van der Waals surface area contributed by atoms with Crippen molar-refractivity contribution >= 4 is 11.6 Å². The molecule has 0 spiro atoms. The van der Waals surface area contributed by atoms with Crippen LogP contribution in [0.3, 0.4) is 0 Å². The zero-order valence-corrected chi connectivity index (χ0v) is 23.2. The zero-order valence-electron chi connectivity index (χ0n) is 23.2. The van der Waals surface area contributed by atoms with Gasteiger partial charge in [0.2, 0.25) is 0 Å². The Bertz CT molecular complexity index is 1440. The first-order valence-electron chi connectivity index (χ1n) is 13.0. The lowest BCUT2D eigenvalue weighted by Gasteiger charge is -2.30. The van der Waals surface area contributed by atoms with Gasteiger partial charge < -0.3 is 19.5 Å². The lowest BCUT2D eigenvalue weighted by atomic mass is 10.1. The fourth-order valence-electron chi connectivity index (χ4n) is 4.28. The summed E-state index contributed by atoms with van der Waals surface area (Å²) < 4.78 is 28.3. The molecular weight excluding hydrogens is 503 g/mol. The number of aliphatic hydroxyl groups excluding tert-OH is 1. The molecule has 1 aliphatic rings. The van der Waals surface area contributed by atoms with Crippen LogP contribution in [-0.2, 0) is 17.8 Å². The Morgan fingerprint density at radius 1 is 1.21 bits per heavy atom. The second kappa shape index (κ2) is 11.4. The van der Waals surface area contributed by atoms with Gasteiger partial charge in [-0.25, -0.2) is 13.7 Å². The first-order chi connectivity index (χ1) is 18.6. The van der Waals surface area contributed by atoms with Crippen molar-refractivity contribution in [2.75, 3.05) is 13.2 Å². The molecule has 0 bridgehead atoms. The molecule has 1 N–H and O–H groups in total. The molecule has 0 radical (unpaired) electrons. The van der Waals surface area contributed by atoms with Crippen LogP contribution in [0.25, 0.3) is 16.8 Å². The van der Waals surface area contributed by atoms with Gasteiger partial charge in [0.15, 0.2) is 0 Å². The van der Waals surface area contributed by atoms with Gasteiger partial charge in [0.05, 0.1) is 42.6 Å². The Labute approximate surface area is 227 Å². The summed E-state index contributed by atoms with van der Waals surface area (Å²) in [5.41, 5.74) is 3.89. The van der Waals surface area contributed by atoms with E-state index in [1.807, 2.05) is 64.6 Å². The van der Waals surface area contributed by atoms with Crippen LogP contribution in [0.5, 0.6) is 5.75 Å². The van der Waals surface area contributed by atoms with Crippen LogP contribution in [0.15, 0.2) is 42.9 Å². The van der Waals surface area contributed by atoms with Gasteiger partial charge in [-0.05, 0) is 52.0 Å². The summed E-state index contributed by atoms with van der Waals surface area (Å²) in [4.78, 5) is 18.2. The standard InChI is InChI=1S/C26H29FN6O4.C2H6/c1-16-21-14-31(25(35)37-26(2,3)4)9-10-32(21)30-24(16)17-11-23(20-7-8-29-33(20)13-17)36-15-22(34)19-6-5-18(27)12-28-19;1-2/h5-8,11-13,22,34H,9-10,14-15H2,1-4H3;1-2H3. The van der Waals surface area contributed by atoms with Gasteiger partial charge in [0.1, 0.15) is 35.4 Å². The molecular formula is C28H35FN6O4. The van der Waals surface area contributed by atoms with Crippen LogP contribution in [-0.4, -0.2) is 59.2 Å². The third-order valence-electron chi connectivity index (χ3n) is 6.13. The minimum Gasteiger partial charge on any atom is -0.488 e. The molecule has 0 aromatic carbocycles. The van der Waals surface area contributed by atoms with Crippen molar-refractivity contribution in [1.29, 1.82) is 0 Å². The van der Waals surface area contributed by atoms with Gasteiger partial charge in [0.25, 0.3) is 0 Å². The number of fused-ring (bicyclic) bond motifs is 2. The monoisotopic (exact) mass is 538 g/mol. The molecule has 0 aliphatic carbocycles. The number of amides is 1. The summed E-state index contributed by atoms with van der Waals surface area (Å²) in [5.74, 6) is 0.0369. The van der Waals surface area contributed by atoms with Gasteiger partial charge in [-0.15, -0.1) is 0 Å². The Kier molecular flexibility index (Phi) is 8.19. The largest absolute Gasteiger partial charge is 0.488 e. The van der Waals surface area contributed by atoms with Crippen molar-refractivity contribution in [1.82, 2.24) is 29.3 Å². The van der Waals surface area contributed by atoms with Gasteiger partial charge in [-0.2, -0.15) is 10.2 Å². The molecule has 39 heavy (non-hydrogen) atoms. The fourth-order valence-corrected chi connectivity index (χ4v) is 4.28. The van der Waals surface area contributed by atoms with E-state index in [1.165, 1.54) is 12.1 Å². The van der Waals surface area contributed by atoms with Crippen LogP contribution in [0.2, 0.25) is 0 Å². The average molecular weight is 539 g/mol. The van der Waals surface area contributed by atoms with E-state index in [0.29, 0.717) is 31.1 Å². The van der Waals surface area contributed by atoms with E-state index in [2.05, 4.69) is 10.1 Å². The third-order valence-corrected chi connectivity index (χ3v) is 6.13. The predicted octanol–water partition coefficient (Wildman–Crippen LogP) is 4.93. The van der Waals surface area contributed by atoms with Gasteiger partial charge in [0, 0.05) is 23.9 Å². The highest BCUT2D eigenvalue weighted by Crippen LogP contribution is 2.32. The number of pyridine rings is 2. The van der Waals surface area contributed by atoms with E-state index in [4.69, 9.17) is 14.6 Å². The second-order valence-corrected chi connectivity index (χ2v) is 10.0. The lowest BCUT2D eigenvalue weighted by Crippen LogP contribution is -2.41. The molecule has 208 valence electrons. The Morgan fingerprint density at radius 2 is 1.97 bits per heavy atom. The highest BCUT2D eigenvalue weighted by molar-refractivity contribution is 5.72. The first-order valence-corrected chi connectivity index (χ1v) is 13.0. The van der Waals surface area contributed by atoms with E-state index < -0.39 is 17.5 Å². The van der Waals surface area contributed by atoms with Gasteiger partial charge >= 0.3 is 6.09 Å². The quantitative estimate of drug-likeness (QED) is 0.384. The van der Waals surface area contributed by atoms with Crippen LogP contribution in [0, 0.1) is 12.7 Å². The van der Waals surface area contributed by atoms with Crippen LogP contribution in [0.4, 0.5) is 9.18 Å². The summed E-state index contributed by atoms with van der Waals surface area (Å²) in [5, 5.41) is 19.7. The van der Waals surface area contributed by atoms with E-state index in [9.17, 15) is 14.3 Å². The fraction of sp³-hybridized carbons (Fsp3) is 0.429. The zero-order chi connectivity index (χ0) is 28.3. The first kappa shape index (κ1) is 28.0. The molecule has 4 aromatic heterocycles. The molecule has 4 aromatic rings. The van der Waals surface area contributed by atoms with Crippen LogP contribution in [0.1, 0.15) is 57.7 Å². The summed E-state index contributed by atoms with van der Waals surface area (Å²) in [7, 11) is 0. The number of hydrogen-bond donors (Lipinski definition) is 1. The molecule has 0 fully saturated rings. The number of ether oxygens (including phenoxy) is 2. The van der Waals surface area contributed by atoms with E-state index in [0.717, 1.165) is 34.2 Å². The minimum absolute atomic E-state index is 0.0769. The summed E-state index contributed by atoms with van der Waals surface area (Å²) >= 11 is 0. The van der Waals surface area contributed by atoms with Crippen molar-refractivity contribution in [3.63, 3.8) is 0 Å². The highest BCUT2D eigenvalue weighted by atomic mass is 19.1. The number of aliphatic hydroxyl groups is 1. The molecule has 1 unspecified atom stereocenters. The van der Waals surface area contributed by atoms with E-state index in [-0.39, 0.29) is 12.7 Å². The van der Waals surface area contributed by atoms with Gasteiger partial charge in [-0.3, -0.25) is 9.67 Å². The predicted molar refractivity (Wildman–Crippen MR) is 144 cm³/mol. The Balaban J connectivity index is 0.00000172. The Morgan fingerprint density at radius 3 is 2.67 bits per heavy atom. The highest BCUT2D eigenvalue weighted by Gasteiger charge is 2.29. The number of hydrogen-bond acceptors (Lipinski definition) is 7. The minimum atomic E-state index is -1.03. The number of nitrogens with zero attached hydrogens (tertiary/aromatic N) is 6. The summed E-state index contributed by atoms with van der Waals surface area (Å²) in [6, 6.07) is 6.34. The molecule has 1 amide bonds. The maximum Gasteiger partial charge on any atom is 0.410 e. The van der Waals surface area contributed by atoms with Crippen molar-refractivity contribution < 1.29 is 23.8 Å². The molecule has 11 heteroatoms. The van der Waals surface area contributed by atoms with Crippen molar-refractivity contribution in [3.05, 3.63) is 65.6 Å². The second-order valence-electron chi connectivity index (χ2n) is 10.0. The van der Waals surface area contributed by atoms with Crippen LogP contribution < -0.4 is 4.74 Å². The SMILES string of the molecule is CC.Cc1c(-c2cc(OCC(O)c3ccc(F)cn3)c3ccnn3c2)nn2c1CN(C(=O)OC(C)(C)C)CC2. The number of carbonyl (C=O) groups excluding carboxylic acids is 1.